The first-order valence-corrected chi connectivity index (χ1v) is 7.65. The second-order valence-electron chi connectivity index (χ2n) is 5.52. The van der Waals surface area contributed by atoms with Crippen molar-refractivity contribution in [1.82, 2.24) is 24.9 Å². The number of hydrogen-bond acceptors (Lipinski definition) is 4. The SMILES string of the molecule is Cc1nn2cccnc2c1C(=O)NCc1cccc2cccnc12. The van der Waals surface area contributed by atoms with Crippen molar-refractivity contribution in [2.75, 3.05) is 0 Å². The highest BCUT2D eigenvalue weighted by Crippen LogP contribution is 2.17. The zero-order valence-corrected chi connectivity index (χ0v) is 13.1. The quantitative estimate of drug-likeness (QED) is 0.630. The Bertz CT molecular complexity index is 1050. The number of rotatable bonds is 3. The zero-order valence-electron chi connectivity index (χ0n) is 13.1. The monoisotopic (exact) mass is 317 g/mol. The molecule has 1 aromatic carbocycles. The van der Waals surface area contributed by atoms with Crippen molar-refractivity contribution in [3.63, 3.8) is 0 Å². The lowest BCUT2D eigenvalue weighted by molar-refractivity contribution is 0.0952. The van der Waals surface area contributed by atoms with E-state index < -0.39 is 0 Å². The lowest BCUT2D eigenvalue weighted by Crippen LogP contribution is -2.23. The standard InChI is InChI=1S/C18H15N5O/c1-12-15(17-20-9-4-10-23(17)22-12)18(24)21-11-14-6-2-5-13-7-3-8-19-16(13)14/h2-10H,11H2,1H3,(H,21,24). The smallest absolute Gasteiger partial charge is 0.257 e. The fourth-order valence-corrected chi connectivity index (χ4v) is 2.84. The molecule has 0 spiro atoms. The van der Waals surface area contributed by atoms with Gasteiger partial charge in [0.05, 0.1) is 11.2 Å². The molecule has 3 heterocycles. The van der Waals surface area contributed by atoms with E-state index in [1.54, 1.807) is 29.2 Å². The average Bonchev–Trinajstić information content (AvgIpc) is 2.95. The largest absolute Gasteiger partial charge is 0.348 e. The first-order chi connectivity index (χ1) is 11.7. The van der Waals surface area contributed by atoms with Gasteiger partial charge in [-0.05, 0) is 24.6 Å². The number of nitrogens with zero attached hydrogens (tertiary/aromatic N) is 4. The summed E-state index contributed by atoms with van der Waals surface area (Å²) in [4.78, 5) is 21.3. The lowest BCUT2D eigenvalue weighted by atomic mass is 10.1. The minimum absolute atomic E-state index is 0.186. The molecule has 0 atom stereocenters. The Balaban J connectivity index is 1.63. The summed E-state index contributed by atoms with van der Waals surface area (Å²) in [5.74, 6) is -0.186. The number of para-hydroxylation sites is 1. The van der Waals surface area contributed by atoms with E-state index in [4.69, 9.17) is 0 Å². The number of pyridine rings is 1. The van der Waals surface area contributed by atoms with Crippen LogP contribution in [-0.2, 0) is 6.54 Å². The molecule has 0 aliphatic carbocycles. The third-order valence-electron chi connectivity index (χ3n) is 3.95. The molecule has 4 aromatic rings. The molecule has 0 fully saturated rings. The molecule has 1 amide bonds. The molecule has 118 valence electrons. The Labute approximate surface area is 138 Å². The van der Waals surface area contributed by atoms with E-state index in [2.05, 4.69) is 20.4 Å². The van der Waals surface area contributed by atoms with E-state index in [1.165, 1.54) is 0 Å². The Hall–Kier alpha value is -3.28. The van der Waals surface area contributed by atoms with E-state index in [0.717, 1.165) is 16.5 Å². The van der Waals surface area contributed by atoms with Gasteiger partial charge in [-0.15, -0.1) is 0 Å². The van der Waals surface area contributed by atoms with Crippen molar-refractivity contribution in [2.45, 2.75) is 13.5 Å². The summed E-state index contributed by atoms with van der Waals surface area (Å²) in [6.07, 6.45) is 5.19. The maximum atomic E-state index is 12.6. The molecule has 0 aliphatic heterocycles. The van der Waals surface area contributed by atoms with E-state index in [-0.39, 0.29) is 5.91 Å². The molecule has 6 heteroatoms. The van der Waals surface area contributed by atoms with Gasteiger partial charge in [0.15, 0.2) is 5.65 Å². The molecule has 1 N–H and O–H groups in total. The highest BCUT2D eigenvalue weighted by molar-refractivity contribution is 6.01. The van der Waals surface area contributed by atoms with Gasteiger partial charge < -0.3 is 5.32 Å². The van der Waals surface area contributed by atoms with Gasteiger partial charge in [-0.25, -0.2) is 9.50 Å². The lowest BCUT2D eigenvalue weighted by Gasteiger charge is -2.07. The molecule has 4 rings (SSSR count). The number of benzene rings is 1. The van der Waals surface area contributed by atoms with Crippen LogP contribution in [0.5, 0.6) is 0 Å². The van der Waals surface area contributed by atoms with Crippen molar-refractivity contribution in [2.24, 2.45) is 0 Å². The van der Waals surface area contributed by atoms with Crippen molar-refractivity contribution in [3.05, 3.63) is 71.8 Å². The summed E-state index contributed by atoms with van der Waals surface area (Å²) in [7, 11) is 0. The van der Waals surface area contributed by atoms with Gasteiger partial charge in [0.2, 0.25) is 0 Å². The number of carbonyl (C=O) groups excluding carboxylic acids is 1. The summed E-state index contributed by atoms with van der Waals surface area (Å²) in [5.41, 5.74) is 3.59. The van der Waals surface area contributed by atoms with Gasteiger partial charge in [0.1, 0.15) is 5.56 Å². The van der Waals surface area contributed by atoms with Crippen LogP contribution in [-0.4, -0.2) is 25.5 Å². The topological polar surface area (TPSA) is 72.2 Å². The second kappa shape index (κ2) is 5.73. The van der Waals surface area contributed by atoms with Crippen LogP contribution < -0.4 is 5.32 Å². The van der Waals surface area contributed by atoms with E-state index in [0.29, 0.717) is 23.4 Å². The third-order valence-corrected chi connectivity index (χ3v) is 3.95. The van der Waals surface area contributed by atoms with E-state index in [9.17, 15) is 4.79 Å². The summed E-state index contributed by atoms with van der Waals surface area (Å²) in [6.45, 7) is 2.21. The van der Waals surface area contributed by atoms with Gasteiger partial charge in [0, 0.05) is 30.5 Å². The average molecular weight is 317 g/mol. The van der Waals surface area contributed by atoms with Crippen LogP contribution in [0.3, 0.4) is 0 Å². The van der Waals surface area contributed by atoms with Crippen LogP contribution in [0.15, 0.2) is 55.0 Å². The molecule has 0 bridgehead atoms. The second-order valence-corrected chi connectivity index (χ2v) is 5.52. The number of aryl methyl sites for hydroxylation is 1. The highest BCUT2D eigenvalue weighted by Gasteiger charge is 2.18. The molecule has 0 saturated heterocycles. The molecule has 0 radical (unpaired) electrons. The Morgan fingerprint density at radius 1 is 1.12 bits per heavy atom. The van der Waals surface area contributed by atoms with Crippen LogP contribution in [0.4, 0.5) is 0 Å². The van der Waals surface area contributed by atoms with Gasteiger partial charge >= 0.3 is 0 Å². The molecular weight excluding hydrogens is 302 g/mol. The number of fused-ring (bicyclic) bond motifs is 2. The number of amides is 1. The predicted octanol–water partition coefficient (Wildman–Crippen LogP) is 2.52. The van der Waals surface area contributed by atoms with Crippen molar-refractivity contribution < 1.29 is 4.79 Å². The van der Waals surface area contributed by atoms with Crippen LogP contribution in [0.1, 0.15) is 21.6 Å². The van der Waals surface area contributed by atoms with E-state index in [1.807, 2.05) is 37.3 Å². The molecule has 24 heavy (non-hydrogen) atoms. The Kier molecular flexibility index (Phi) is 3.42. The highest BCUT2D eigenvalue weighted by atomic mass is 16.1. The predicted molar refractivity (Wildman–Crippen MR) is 90.6 cm³/mol. The van der Waals surface area contributed by atoms with Crippen molar-refractivity contribution >= 4 is 22.5 Å². The van der Waals surface area contributed by atoms with Gasteiger partial charge in [-0.1, -0.05) is 24.3 Å². The molecule has 3 aromatic heterocycles. The maximum Gasteiger partial charge on any atom is 0.257 e. The van der Waals surface area contributed by atoms with Crippen LogP contribution >= 0.6 is 0 Å². The number of carbonyl (C=O) groups is 1. The molecule has 0 saturated carbocycles. The zero-order chi connectivity index (χ0) is 16.5. The normalized spacial score (nSPS) is 11.0. The van der Waals surface area contributed by atoms with Gasteiger partial charge in [-0.2, -0.15) is 5.10 Å². The Morgan fingerprint density at radius 3 is 2.88 bits per heavy atom. The van der Waals surface area contributed by atoms with Crippen LogP contribution in [0, 0.1) is 6.92 Å². The number of hydrogen-bond donors (Lipinski definition) is 1. The number of aromatic nitrogens is 4. The fraction of sp³-hybridized carbons (Fsp3) is 0.111. The fourth-order valence-electron chi connectivity index (χ4n) is 2.84. The molecular formula is C18H15N5O. The first-order valence-electron chi connectivity index (χ1n) is 7.65. The Morgan fingerprint density at radius 2 is 1.96 bits per heavy atom. The van der Waals surface area contributed by atoms with Crippen LogP contribution in [0.2, 0.25) is 0 Å². The maximum absolute atomic E-state index is 12.6. The summed E-state index contributed by atoms with van der Waals surface area (Å²) in [6, 6.07) is 11.6. The summed E-state index contributed by atoms with van der Waals surface area (Å²) >= 11 is 0. The van der Waals surface area contributed by atoms with Crippen molar-refractivity contribution in [1.29, 1.82) is 0 Å². The van der Waals surface area contributed by atoms with E-state index >= 15 is 0 Å². The summed E-state index contributed by atoms with van der Waals surface area (Å²) in [5, 5.41) is 8.33. The summed E-state index contributed by atoms with van der Waals surface area (Å²) < 4.78 is 1.61. The first kappa shape index (κ1) is 14.3. The minimum Gasteiger partial charge on any atom is -0.348 e. The van der Waals surface area contributed by atoms with Crippen molar-refractivity contribution in [3.8, 4) is 0 Å². The van der Waals surface area contributed by atoms with Gasteiger partial charge in [-0.3, -0.25) is 9.78 Å². The number of nitrogens with one attached hydrogen (secondary N) is 1. The minimum atomic E-state index is -0.186. The van der Waals surface area contributed by atoms with Gasteiger partial charge in [0.25, 0.3) is 5.91 Å². The van der Waals surface area contributed by atoms with Crippen LogP contribution in [0.25, 0.3) is 16.6 Å². The molecule has 0 aliphatic rings. The third kappa shape index (κ3) is 2.38. The molecule has 6 nitrogen and oxygen atoms in total. The molecule has 0 unspecified atom stereocenters.